The summed E-state index contributed by atoms with van der Waals surface area (Å²) in [6.45, 7) is 9.81. The molecular formula is C11H23N2O+. The molecule has 0 fully saturated rings. The van der Waals surface area contributed by atoms with Gasteiger partial charge in [0.1, 0.15) is 0 Å². The number of rotatable bonds is 6. The number of hydrogen-bond acceptors (Lipinski definition) is 1. The van der Waals surface area contributed by atoms with E-state index in [4.69, 9.17) is 0 Å². The van der Waals surface area contributed by atoms with Crippen LogP contribution in [-0.2, 0) is 4.79 Å². The molecule has 0 aromatic rings. The number of carbonyl (C=O) groups excluding carboxylic acids is 1. The third-order valence-electron chi connectivity index (χ3n) is 2.60. The molecule has 14 heavy (non-hydrogen) atoms. The summed E-state index contributed by atoms with van der Waals surface area (Å²) in [4.78, 5) is 11.0. The first kappa shape index (κ1) is 13.2. The second-order valence-corrected chi connectivity index (χ2v) is 4.38. The van der Waals surface area contributed by atoms with Crippen molar-refractivity contribution in [1.82, 2.24) is 5.32 Å². The lowest BCUT2D eigenvalue weighted by atomic mass is 10.2. The number of nitrogens with one attached hydrogen (secondary N) is 1. The molecule has 0 radical (unpaired) electrons. The molecule has 0 spiro atoms. The van der Waals surface area contributed by atoms with E-state index in [9.17, 15) is 4.79 Å². The normalized spacial score (nSPS) is 13.4. The predicted molar refractivity (Wildman–Crippen MR) is 59.9 cm³/mol. The Balaban J connectivity index is 3.79. The van der Waals surface area contributed by atoms with Crippen LogP contribution in [0, 0.1) is 0 Å². The van der Waals surface area contributed by atoms with E-state index < -0.39 is 0 Å². The smallest absolute Gasteiger partial charge is 0.243 e. The van der Waals surface area contributed by atoms with Crippen LogP contribution in [0.3, 0.4) is 0 Å². The molecule has 82 valence electrons. The van der Waals surface area contributed by atoms with E-state index in [1.54, 1.807) is 0 Å². The molecule has 0 aliphatic carbocycles. The van der Waals surface area contributed by atoms with Gasteiger partial charge >= 0.3 is 0 Å². The van der Waals surface area contributed by atoms with E-state index in [0.717, 1.165) is 24.0 Å². The molecule has 0 heterocycles. The van der Waals surface area contributed by atoms with Crippen LogP contribution in [0.25, 0.3) is 0 Å². The molecule has 1 amide bonds. The summed E-state index contributed by atoms with van der Waals surface area (Å²) in [5.74, 6) is -0.0840. The van der Waals surface area contributed by atoms with Gasteiger partial charge in [-0.1, -0.05) is 6.58 Å². The first-order valence-corrected chi connectivity index (χ1v) is 5.16. The summed E-state index contributed by atoms with van der Waals surface area (Å²) >= 11 is 0. The fraction of sp³-hybridized carbons (Fsp3) is 0.727. The van der Waals surface area contributed by atoms with Crippen LogP contribution in [-0.4, -0.2) is 43.6 Å². The van der Waals surface area contributed by atoms with Crippen molar-refractivity contribution >= 4 is 5.91 Å². The van der Waals surface area contributed by atoms with Gasteiger partial charge in [-0.25, -0.2) is 0 Å². The van der Waals surface area contributed by atoms with Crippen molar-refractivity contribution in [2.45, 2.75) is 26.3 Å². The zero-order chi connectivity index (χ0) is 11.2. The predicted octanol–water partition coefficient (Wildman–Crippen LogP) is 1.16. The van der Waals surface area contributed by atoms with Crippen molar-refractivity contribution in [3.8, 4) is 0 Å². The van der Waals surface area contributed by atoms with Crippen LogP contribution in [0.1, 0.15) is 20.3 Å². The first-order valence-electron chi connectivity index (χ1n) is 5.16. The molecule has 1 atom stereocenters. The number of carbonyl (C=O) groups is 1. The molecule has 3 heteroatoms. The number of nitrogens with zero attached hydrogens (tertiary/aromatic N) is 1. The van der Waals surface area contributed by atoms with Gasteiger partial charge in [0, 0.05) is 12.5 Å². The summed E-state index contributed by atoms with van der Waals surface area (Å²) in [5, 5.41) is 2.86. The molecule has 1 N–H and O–H groups in total. The van der Waals surface area contributed by atoms with Crippen molar-refractivity contribution in [2.75, 3.05) is 27.2 Å². The van der Waals surface area contributed by atoms with Gasteiger partial charge in [-0.05, 0) is 19.9 Å². The summed E-state index contributed by atoms with van der Waals surface area (Å²) < 4.78 is 0.994. The lowest BCUT2D eigenvalue weighted by Gasteiger charge is -2.29. The maximum Gasteiger partial charge on any atom is 0.243 e. The van der Waals surface area contributed by atoms with Crippen molar-refractivity contribution in [1.29, 1.82) is 0 Å². The second-order valence-electron chi connectivity index (χ2n) is 4.38. The van der Waals surface area contributed by atoms with Crippen LogP contribution in [0.5, 0.6) is 0 Å². The minimum Gasteiger partial charge on any atom is -0.350 e. The molecule has 0 saturated carbocycles. The van der Waals surface area contributed by atoms with Crippen molar-refractivity contribution < 1.29 is 9.28 Å². The molecule has 1 unspecified atom stereocenters. The molecule has 0 aliphatic heterocycles. The van der Waals surface area contributed by atoms with Gasteiger partial charge in [-0.2, -0.15) is 0 Å². The third-order valence-corrected chi connectivity index (χ3v) is 2.60. The number of quaternary nitrogens is 1. The highest BCUT2D eigenvalue weighted by Gasteiger charge is 2.14. The van der Waals surface area contributed by atoms with Gasteiger partial charge in [0.25, 0.3) is 0 Å². The van der Waals surface area contributed by atoms with E-state index in [-0.39, 0.29) is 11.9 Å². The van der Waals surface area contributed by atoms with Gasteiger partial charge in [0.05, 0.1) is 27.2 Å². The zero-order valence-corrected chi connectivity index (χ0v) is 9.84. The minimum absolute atomic E-state index is 0.0840. The Kier molecular flexibility index (Phi) is 5.46. The molecule has 0 bridgehead atoms. The van der Waals surface area contributed by atoms with Gasteiger partial charge in [0.2, 0.25) is 5.91 Å². The van der Waals surface area contributed by atoms with E-state index in [0.29, 0.717) is 0 Å². The van der Waals surface area contributed by atoms with Crippen LogP contribution < -0.4 is 5.32 Å². The fourth-order valence-electron chi connectivity index (χ4n) is 1.08. The highest BCUT2D eigenvalue weighted by atomic mass is 16.1. The topological polar surface area (TPSA) is 29.1 Å². The quantitative estimate of drug-likeness (QED) is 0.505. The Labute approximate surface area is 87.4 Å². The summed E-state index contributed by atoms with van der Waals surface area (Å²) in [6, 6.07) is 0.226. The van der Waals surface area contributed by atoms with E-state index >= 15 is 0 Å². The Morgan fingerprint density at radius 3 is 2.57 bits per heavy atom. The minimum atomic E-state index is -0.0840. The van der Waals surface area contributed by atoms with Gasteiger partial charge in [-0.15, -0.1) is 0 Å². The monoisotopic (exact) mass is 199 g/mol. The highest BCUT2D eigenvalue weighted by molar-refractivity contribution is 5.87. The fourth-order valence-corrected chi connectivity index (χ4v) is 1.08. The van der Waals surface area contributed by atoms with Crippen LogP contribution in [0.2, 0.25) is 0 Å². The van der Waals surface area contributed by atoms with Gasteiger partial charge in [-0.3, -0.25) is 4.79 Å². The second kappa shape index (κ2) is 5.81. The van der Waals surface area contributed by atoms with Crippen molar-refractivity contribution in [2.24, 2.45) is 0 Å². The van der Waals surface area contributed by atoms with Crippen LogP contribution in [0.15, 0.2) is 12.7 Å². The van der Waals surface area contributed by atoms with E-state index in [1.165, 1.54) is 6.08 Å². The molecule has 0 rings (SSSR count). The SMILES string of the molecule is C=CC(=O)NC(C)CC[N+](C)(C)CC. The maximum absolute atomic E-state index is 11.0. The maximum atomic E-state index is 11.0. The number of hydrogen-bond donors (Lipinski definition) is 1. The molecule has 0 aromatic carbocycles. The van der Waals surface area contributed by atoms with Crippen LogP contribution >= 0.6 is 0 Å². The Bertz CT molecular complexity index is 199. The van der Waals surface area contributed by atoms with E-state index in [2.05, 4.69) is 32.9 Å². The first-order chi connectivity index (χ1) is 6.41. The molecule has 0 aliphatic rings. The third kappa shape index (κ3) is 5.75. The standard InChI is InChI=1S/C11H22N2O/c1-6-11(14)12-10(3)8-9-13(4,5)7-2/h6,10H,1,7-9H2,2-5H3/p+1. The van der Waals surface area contributed by atoms with Crippen LogP contribution in [0.4, 0.5) is 0 Å². The van der Waals surface area contributed by atoms with Gasteiger partial charge in [0.15, 0.2) is 0 Å². The Hall–Kier alpha value is -0.830. The molecule has 3 nitrogen and oxygen atoms in total. The number of amides is 1. The molecule has 0 aromatic heterocycles. The lowest BCUT2D eigenvalue weighted by molar-refractivity contribution is -0.888. The van der Waals surface area contributed by atoms with Crippen molar-refractivity contribution in [3.05, 3.63) is 12.7 Å². The molecular weight excluding hydrogens is 176 g/mol. The summed E-state index contributed by atoms with van der Waals surface area (Å²) in [7, 11) is 4.39. The van der Waals surface area contributed by atoms with Crippen molar-refractivity contribution in [3.63, 3.8) is 0 Å². The highest BCUT2D eigenvalue weighted by Crippen LogP contribution is 2.01. The summed E-state index contributed by atoms with van der Waals surface area (Å²) in [5.41, 5.74) is 0. The lowest BCUT2D eigenvalue weighted by Crippen LogP contribution is -2.43. The average molecular weight is 199 g/mol. The zero-order valence-electron chi connectivity index (χ0n) is 9.84. The largest absolute Gasteiger partial charge is 0.350 e. The van der Waals surface area contributed by atoms with E-state index in [1.807, 2.05) is 6.92 Å². The molecule has 0 saturated heterocycles. The van der Waals surface area contributed by atoms with Gasteiger partial charge < -0.3 is 9.80 Å². The Morgan fingerprint density at radius 1 is 1.57 bits per heavy atom. The average Bonchev–Trinajstić information content (AvgIpc) is 2.15. The summed E-state index contributed by atoms with van der Waals surface area (Å²) in [6.07, 6.45) is 2.32. The Morgan fingerprint density at radius 2 is 2.14 bits per heavy atom.